The molecule has 0 N–H and O–H groups in total. The number of ketones is 1. The van der Waals surface area contributed by atoms with E-state index in [-0.39, 0.29) is 23.7 Å². The molecule has 4 heteroatoms. The third-order valence-corrected chi connectivity index (χ3v) is 3.26. The highest BCUT2D eigenvalue weighted by Gasteiger charge is 2.28. The van der Waals surface area contributed by atoms with Crippen molar-refractivity contribution in [2.24, 2.45) is 0 Å². The van der Waals surface area contributed by atoms with Gasteiger partial charge in [-0.3, -0.25) is 4.79 Å². The highest BCUT2D eigenvalue weighted by Crippen LogP contribution is 2.29. The predicted octanol–water partition coefficient (Wildman–Crippen LogP) is 2.64. The van der Waals surface area contributed by atoms with E-state index in [1.807, 2.05) is 18.7 Å². The van der Waals surface area contributed by atoms with Gasteiger partial charge in [0.2, 0.25) is 0 Å². The molecule has 3 nitrogen and oxygen atoms in total. The van der Waals surface area contributed by atoms with E-state index in [2.05, 4.69) is 0 Å². The second-order valence-corrected chi connectivity index (χ2v) is 4.84. The lowest BCUT2D eigenvalue weighted by Crippen LogP contribution is -2.48. The number of benzene rings is 1. The summed E-state index contributed by atoms with van der Waals surface area (Å²) < 4.78 is 19.6. The second-order valence-electron chi connectivity index (χ2n) is 4.84. The molecule has 0 radical (unpaired) electrons. The Hall–Kier alpha value is -1.42. The molecule has 1 aromatic rings. The normalized spacial score (nSPS) is 24.1. The Bertz CT molecular complexity index is 461. The minimum atomic E-state index is -0.344. The van der Waals surface area contributed by atoms with Crippen molar-refractivity contribution in [2.45, 2.75) is 32.9 Å². The fourth-order valence-corrected chi connectivity index (χ4v) is 2.31. The lowest BCUT2D eigenvalue weighted by molar-refractivity contribution is 0.0340. The summed E-state index contributed by atoms with van der Waals surface area (Å²) in [5.41, 5.74) is 0.851. The summed E-state index contributed by atoms with van der Waals surface area (Å²) in [7, 11) is 0. The number of carbonyl (C=O) groups excluding carboxylic acids is 1. The molecule has 0 saturated carbocycles. The van der Waals surface area contributed by atoms with Gasteiger partial charge in [-0.25, -0.2) is 4.39 Å². The smallest absolute Gasteiger partial charge is 0.161 e. The first kappa shape index (κ1) is 13.0. The quantitative estimate of drug-likeness (QED) is 0.757. The first-order chi connectivity index (χ1) is 8.50. The van der Waals surface area contributed by atoms with E-state index in [9.17, 15) is 9.18 Å². The Morgan fingerprint density at radius 3 is 2.83 bits per heavy atom. The van der Waals surface area contributed by atoms with Gasteiger partial charge < -0.3 is 9.64 Å². The van der Waals surface area contributed by atoms with Crippen molar-refractivity contribution in [3.8, 4) is 0 Å². The third-order valence-electron chi connectivity index (χ3n) is 3.26. The van der Waals surface area contributed by atoms with E-state index >= 15 is 0 Å². The van der Waals surface area contributed by atoms with Crippen LogP contribution < -0.4 is 4.90 Å². The molecule has 1 aliphatic rings. The fraction of sp³-hybridized carbons (Fsp3) is 0.500. The summed E-state index contributed by atoms with van der Waals surface area (Å²) in [5.74, 6) is -0.459. The zero-order chi connectivity index (χ0) is 13.3. The van der Waals surface area contributed by atoms with Gasteiger partial charge in [-0.15, -0.1) is 0 Å². The van der Waals surface area contributed by atoms with E-state index in [1.165, 1.54) is 13.0 Å². The average Bonchev–Trinajstić information content (AvgIpc) is 2.32. The van der Waals surface area contributed by atoms with Gasteiger partial charge in [0, 0.05) is 18.2 Å². The number of halogens is 1. The van der Waals surface area contributed by atoms with Crippen molar-refractivity contribution < 1.29 is 13.9 Å². The van der Waals surface area contributed by atoms with Crippen LogP contribution in [0.4, 0.5) is 10.1 Å². The average molecular weight is 251 g/mol. The number of morpholine rings is 1. The van der Waals surface area contributed by atoms with Gasteiger partial charge >= 0.3 is 0 Å². The van der Waals surface area contributed by atoms with Crippen molar-refractivity contribution >= 4 is 11.5 Å². The molecule has 0 bridgehead atoms. The minimum absolute atomic E-state index is 0.0422. The second kappa shape index (κ2) is 5.06. The highest BCUT2D eigenvalue weighted by molar-refractivity contribution is 5.99. The summed E-state index contributed by atoms with van der Waals surface area (Å²) in [6, 6.07) is 4.71. The van der Waals surface area contributed by atoms with Crippen LogP contribution in [0.15, 0.2) is 18.2 Å². The molecule has 1 heterocycles. The van der Waals surface area contributed by atoms with Crippen LogP contribution >= 0.6 is 0 Å². The molecular formula is C14H18FNO2. The third kappa shape index (κ3) is 2.38. The molecule has 1 saturated heterocycles. The molecule has 2 atom stereocenters. The van der Waals surface area contributed by atoms with E-state index in [1.54, 1.807) is 12.1 Å². The van der Waals surface area contributed by atoms with Crippen molar-refractivity contribution in [1.29, 1.82) is 0 Å². The molecule has 2 unspecified atom stereocenters. The maximum absolute atomic E-state index is 14.1. The van der Waals surface area contributed by atoms with Gasteiger partial charge in [-0.1, -0.05) is 6.07 Å². The standard InChI is InChI=1S/C14H18FNO2/c1-9-8-18-10(2)7-16(9)14-12(11(3)17)5-4-6-13(14)15/h4-6,9-10H,7-8H2,1-3H3. The Morgan fingerprint density at radius 1 is 1.44 bits per heavy atom. The van der Waals surface area contributed by atoms with Crippen LogP contribution in [0.1, 0.15) is 31.1 Å². The van der Waals surface area contributed by atoms with Crippen molar-refractivity contribution in [3.63, 3.8) is 0 Å². The Kier molecular flexibility index (Phi) is 3.66. The van der Waals surface area contributed by atoms with Crippen LogP contribution in [0.3, 0.4) is 0 Å². The van der Waals surface area contributed by atoms with Gasteiger partial charge in [0.15, 0.2) is 5.78 Å². The van der Waals surface area contributed by atoms with E-state index in [0.717, 1.165) is 0 Å². The minimum Gasteiger partial charge on any atom is -0.375 e. The van der Waals surface area contributed by atoms with Crippen molar-refractivity contribution in [3.05, 3.63) is 29.6 Å². The maximum Gasteiger partial charge on any atom is 0.161 e. The molecule has 0 amide bonds. The molecule has 1 aliphatic heterocycles. The topological polar surface area (TPSA) is 29.5 Å². The number of rotatable bonds is 2. The van der Waals surface area contributed by atoms with Gasteiger partial charge in [0.05, 0.1) is 18.4 Å². The molecular weight excluding hydrogens is 233 g/mol. The van der Waals surface area contributed by atoms with Crippen molar-refractivity contribution in [1.82, 2.24) is 0 Å². The molecule has 0 spiro atoms. The molecule has 1 fully saturated rings. The number of Topliss-reactive ketones (excluding diaryl/α,β-unsaturated/α-hetero) is 1. The SMILES string of the molecule is CC(=O)c1cccc(F)c1N1CC(C)OCC1C. The lowest BCUT2D eigenvalue weighted by atomic mass is 10.0. The zero-order valence-electron chi connectivity index (χ0n) is 10.9. The summed E-state index contributed by atoms with van der Waals surface area (Å²) >= 11 is 0. The Morgan fingerprint density at radius 2 is 2.17 bits per heavy atom. The van der Waals surface area contributed by atoms with Gasteiger partial charge in [0.1, 0.15) is 5.82 Å². The monoisotopic (exact) mass is 251 g/mol. The predicted molar refractivity (Wildman–Crippen MR) is 68.6 cm³/mol. The molecule has 0 aromatic heterocycles. The van der Waals surface area contributed by atoms with Gasteiger partial charge in [-0.05, 0) is 32.9 Å². The van der Waals surface area contributed by atoms with Crippen LogP contribution in [0.2, 0.25) is 0 Å². The zero-order valence-corrected chi connectivity index (χ0v) is 10.9. The first-order valence-corrected chi connectivity index (χ1v) is 6.18. The van der Waals surface area contributed by atoms with E-state index in [0.29, 0.717) is 24.4 Å². The molecule has 18 heavy (non-hydrogen) atoms. The lowest BCUT2D eigenvalue weighted by Gasteiger charge is -2.39. The van der Waals surface area contributed by atoms with Crippen LogP contribution in [-0.4, -0.2) is 31.1 Å². The Balaban J connectivity index is 2.45. The van der Waals surface area contributed by atoms with Crippen LogP contribution in [0, 0.1) is 5.82 Å². The summed E-state index contributed by atoms with van der Waals surface area (Å²) in [5, 5.41) is 0. The fourth-order valence-electron chi connectivity index (χ4n) is 2.31. The highest BCUT2D eigenvalue weighted by atomic mass is 19.1. The number of carbonyl (C=O) groups is 1. The maximum atomic E-state index is 14.1. The number of hydrogen-bond donors (Lipinski definition) is 0. The summed E-state index contributed by atoms with van der Waals surface area (Å²) in [6.07, 6.45) is 0.0422. The number of para-hydroxylation sites is 1. The van der Waals surface area contributed by atoms with Crippen LogP contribution in [0.25, 0.3) is 0 Å². The first-order valence-electron chi connectivity index (χ1n) is 6.18. The molecule has 2 rings (SSSR count). The summed E-state index contributed by atoms with van der Waals surface area (Å²) in [4.78, 5) is 13.6. The summed E-state index contributed by atoms with van der Waals surface area (Å²) in [6.45, 7) is 6.54. The van der Waals surface area contributed by atoms with E-state index in [4.69, 9.17) is 4.74 Å². The van der Waals surface area contributed by atoms with Gasteiger partial charge in [0.25, 0.3) is 0 Å². The van der Waals surface area contributed by atoms with Crippen LogP contribution in [0.5, 0.6) is 0 Å². The molecule has 0 aliphatic carbocycles. The number of hydrogen-bond acceptors (Lipinski definition) is 3. The number of ether oxygens (including phenoxy) is 1. The Labute approximate surface area is 107 Å². The number of anilines is 1. The van der Waals surface area contributed by atoms with E-state index < -0.39 is 0 Å². The molecule has 1 aromatic carbocycles. The van der Waals surface area contributed by atoms with Gasteiger partial charge in [-0.2, -0.15) is 0 Å². The number of nitrogens with zero attached hydrogens (tertiary/aromatic N) is 1. The largest absolute Gasteiger partial charge is 0.375 e. The van der Waals surface area contributed by atoms with Crippen LogP contribution in [-0.2, 0) is 4.74 Å². The molecule has 98 valence electrons. The van der Waals surface area contributed by atoms with Crippen molar-refractivity contribution in [2.75, 3.05) is 18.1 Å².